The second-order valence-corrected chi connectivity index (χ2v) is 7.54. The number of hydrogen-bond acceptors (Lipinski definition) is 5. The molecule has 2 aromatic rings. The largest absolute Gasteiger partial charge is 0.467 e. The van der Waals surface area contributed by atoms with Crippen LogP contribution in [0.15, 0.2) is 52.0 Å². The first-order valence-electron chi connectivity index (χ1n) is 7.34. The Balaban J connectivity index is 1.91. The quantitative estimate of drug-likeness (QED) is 0.784. The monoisotopic (exact) mass is 352 g/mol. The molecule has 1 atom stereocenters. The average Bonchev–Trinajstić information content (AvgIpc) is 3.09. The van der Waals surface area contributed by atoms with Gasteiger partial charge in [-0.2, -0.15) is 0 Å². The van der Waals surface area contributed by atoms with Crippen molar-refractivity contribution in [3.63, 3.8) is 0 Å². The lowest BCUT2D eigenvalue weighted by atomic mass is 10.2. The fourth-order valence-electron chi connectivity index (χ4n) is 2.04. The van der Waals surface area contributed by atoms with Gasteiger partial charge >= 0.3 is 0 Å². The molecule has 0 fully saturated rings. The Morgan fingerprint density at radius 1 is 1.25 bits per heavy atom. The predicted molar refractivity (Wildman–Crippen MR) is 87.9 cm³/mol. The maximum Gasteiger partial charge on any atom is 0.251 e. The molecule has 2 rings (SSSR count). The summed E-state index contributed by atoms with van der Waals surface area (Å²) in [6.45, 7) is 0.262. The number of nitrogens with zero attached hydrogens (tertiary/aromatic N) is 1. The van der Waals surface area contributed by atoms with Crippen LogP contribution in [0.1, 0.15) is 28.6 Å². The Hall–Kier alpha value is -2.16. The third-order valence-corrected chi connectivity index (χ3v) is 5.30. The highest BCUT2D eigenvalue weighted by Gasteiger charge is 2.17. The number of nitrogens with one attached hydrogen (secondary N) is 1. The molecule has 0 aliphatic carbocycles. The molecule has 24 heavy (non-hydrogen) atoms. The maximum absolute atomic E-state index is 12.0. The molecule has 1 aromatic carbocycles. The number of hydrogen-bond donors (Lipinski definition) is 2. The molecule has 7 nitrogen and oxygen atoms in total. The summed E-state index contributed by atoms with van der Waals surface area (Å²) in [6.07, 6.45) is 1.00. The summed E-state index contributed by atoms with van der Waals surface area (Å²) in [5, 5.41) is 12.5. The number of furan rings is 1. The van der Waals surface area contributed by atoms with Gasteiger partial charge in [0.2, 0.25) is 10.0 Å². The first kappa shape index (κ1) is 18.2. The van der Waals surface area contributed by atoms with Gasteiger partial charge in [-0.1, -0.05) is 0 Å². The minimum atomic E-state index is -3.51. The summed E-state index contributed by atoms with van der Waals surface area (Å²) in [6, 6.07) is 9.03. The van der Waals surface area contributed by atoms with E-state index >= 15 is 0 Å². The van der Waals surface area contributed by atoms with E-state index in [-0.39, 0.29) is 17.3 Å². The van der Waals surface area contributed by atoms with Gasteiger partial charge in [-0.15, -0.1) is 0 Å². The second-order valence-electron chi connectivity index (χ2n) is 5.39. The molecule has 0 bridgehead atoms. The van der Waals surface area contributed by atoms with Crippen molar-refractivity contribution >= 4 is 15.9 Å². The van der Waals surface area contributed by atoms with Gasteiger partial charge in [0, 0.05) is 26.2 Å². The Bertz CT molecular complexity index is 767. The predicted octanol–water partition coefficient (Wildman–Crippen LogP) is 1.38. The van der Waals surface area contributed by atoms with E-state index in [1.54, 1.807) is 12.1 Å². The van der Waals surface area contributed by atoms with E-state index in [1.807, 2.05) is 0 Å². The molecule has 2 N–H and O–H groups in total. The van der Waals surface area contributed by atoms with E-state index in [0.29, 0.717) is 17.7 Å². The molecular weight excluding hydrogens is 332 g/mol. The average molecular weight is 352 g/mol. The number of aliphatic hydroxyl groups is 1. The van der Waals surface area contributed by atoms with Gasteiger partial charge in [0.1, 0.15) is 11.9 Å². The van der Waals surface area contributed by atoms with Gasteiger partial charge in [-0.3, -0.25) is 4.79 Å². The maximum atomic E-state index is 12.0. The smallest absolute Gasteiger partial charge is 0.251 e. The van der Waals surface area contributed by atoms with Crippen LogP contribution in [0.4, 0.5) is 0 Å². The minimum Gasteiger partial charge on any atom is -0.467 e. The van der Waals surface area contributed by atoms with E-state index in [4.69, 9.17) is 4.42 Å². The van der Waals surface area contributed by atoms with Gasteiger partial charge in [0.25, 0.3) is 5.91 Å². The van der Waals surface area contributed by atoms with Crippen molar-refractivity contribution in [2.75, 3.05) is 20.6 Å². The van der Waals surface area contributed by atoms with Crippen LogP contribution in [-0.2, 0) is 10.0 Å². The van der Waals surface area contributed by atoms with Crippen molar-refractivity contribution in [2.45, 2.75) is 17.4 Å². The number of rotatable bonds is 7. The summed E-state index contributed by atoms with van der Waals surface area (Å²) in [5.74, 6) is 0.109. The first-order chi connectivity index (χ1) is 11.3. The van der Waals surface area contributed by atoms with Gasteiger partial charge in [0.15, 0.2) is 0 Å². The minimum absolute atomic E-state index is 0.122. The Labute approximate surface area is 140 Å². The molecule has 0 aliphatic rings. The molecule has 1 aromatic heterocycles. The normalized spacial score (nSPS) is 13.0. The lowest BCUT2D eigenvalue weighted by molar-refractivity contribution is 0.0936. The van der Waals surface area contributed by atoms with Crippen molar-refractivity contribution < 1.29 is 22.7 Å². The molecule has 130 valence electrons. The number of benzene rings is 1. The van der Waals surface area contributed by atoms with Crippen LogP contribution in [0.3, 0.4) is 0 Å². The topological polar surface area (TPSA) is 99.9 Å². The summed E-state index contributed by atoms with van der Waals surface area (Å²) in [5.41, 5.74) is 0.347. The third-order valence-electron chi connectivity index (χ3n) is 3.47. The van der Waals surface area contributed by atoms with Crippen LogP contribution in [0.25, 0.3) is 0 Å². The van der Waals surface area contributed by atoms with E-state index in [9.17, 15) is 18.3 Å². The molecule has 0 aliphatic heterocycles. The van der Waals surface area contributed by atoms with E-state index < -0.39 is 16.1 Å². The summed E-state index contributed by atoms with van der Waals surface area (Å²) in [4.78, 5) is 12.2. The number of carbonyl (C=O) groups excluding carboxylic acids is 1. The van der Waals surface area contributed by atoms with Gasteiger partial charge in [0.05, 0.1) is 11.2 Å². The Morgan fingerprint density at radius 3 is 2.46 bits per heavy atom. The SMILES string of the molecule is CN(C)S(=O)(=O)c1ccc(C(=O)NCC[C@@H](O)c2ccco2)cc1. The van der Waals surface area contributed by atoms with Crippen LogP contribution in [0, 0.1) is 0 Å². The van der Waals surface area contributed by atoms with Crippen molar-refractivity contribution in [3.8, 4) is 0 Å². The number of aliphatic hydroxyl groups excluding tert-OH is 1. The molecule has 0 radical (unpaired) electrons. The van der Waals surface area contributed by atoms with Crippen LogP contribution >= 0.6 is 0 Å². The first-order valence-corrected chi connectivity index (χ1v) is 8.78. The highest BCUT2D eigenvalue weighted by Crippen LogP contribution is 2.16. The Morgan fingerprint density at radius 2 is 1.92 bits per heavy atom. The molecular formula is C16H20N2O5S. The highest BCUT2D eigenvalue weighted by molar-refractivity contribution is 7.89. The molecule has 1 heterocycles. The third kappa shape index (κ3) is 4.22. The standard InChI is InChI=1S/C16H20N2O5S/c1-18(2)24(21,22)13-7-5-12(6-8-13)16(20)17-10-9-14(19)15-4-3-11-23-15/h3-8,11,14,19H,9-10H2,1-2H3,(H,17,20)/t14-/m1/s1. The van der Waals surface area contributed by atoms with Gasteiger partial charge in [-0.25, -0.2) is 12.7 Å². The second kappa shape index (κ2) is 7.61. The van der Waals surface area contributed by atoms with Gasteiger partial charge < -0.3 is 14.8 Å². The molecule has 8 heteroatoms. The molecule has 0 saturated heterocycles. The van der Waals surface area contributed by atoms with Crippen molar-refractivity contribution in [2.24, 2.45) is 0 Å². The summed E-state index contributed by atoms with van der Waals surface area (Å²) < 4.78 is 30.1. The molecule has 1 amide bonds. The zero-order valence-electron chi connectivity index (χ0n) is 13.5. The number of carbonyl (C=O) groups is 1. The molecule has 0 saturated carbocycles. The van der Waals surface area contributed by atoms with Gasteiger partial charge in [-0.05, 0) is 42.8 Å². The van der Waals surface area contributed by atoms with Crippen LogP contribution < -0.4 is 5.32 Å². The number of amides is 1. The Kier molecular flexibility index (Phi) is 5.76. The van der Waals surface area contributed by atoms with E-state index in [1.165, 1.54) is 44.6 Å². The van der Waals surface area contributed by atoms with E-state index in [0.717, 1.165) is 4.31 Å². The zero-order valence-corrected chi connectivity index (χ0v) is 14.3. The van der Waals surface area contributed by atoms with E-state index in [2.05, 4.69) is 5.32 Å². The highest BCUT2D eigenvalue weighted by atomic mass is 32.2. The van der Waals surface area contributed by atoms with Crippen LogP contribution in [0.5, 0.6) is 0 Å². The summed E-state index contributed by atoms with van der Waals surface area (Å²) >= 11 is 0. The fraction of sp³-hybridized carbons (Fsp3) is 0.312. The van der Waals surface area contributed by atoms with Crippen molar-refractivity contribution in [1.29, 1.82) is 0 Å². The number of sulfonamides is 1. The zero-order chi connectivity index (χ0) is 17.7. The summed E-state index contributed by atoms with van der Waals surface area (Å²) in [7, 11) is -0.625. The van der Waals surface area contributed by atoms with Crippen molar-refractivity contribution in [3.05, 3.63) is 54.0 Å². The van der Waals surface area contributed by atoms with Crippen LogP contribution in [-0.4, -0.2) is 44.4 Å². The molecule has 0 spiro atoms. The van der Waals surface area contributed by atoms with Crippen LogP contribution in [0.2, 0.25) is 0 Å². The molecule has 0 unspecified atom stereocenters. The van der Waals surface area contributed by atoms with Crippen molar-refractivity contribution in [1.82, 2.24) is 9.62 Å². The lowest BCUT2D eigenvalue weighted by Crippen LogP contribution is -2.26. The fourth-order valence-corrected chi connectivity index (χ4v) is 2.94. The lowest BCUT2D eigenvalue weighted by Gasteiger charge is -2.12.